The number of methoxy groups -OCH3 is 1. The quantitative estimate of drug-likeness (QED) is 0.522. The lowest BCUT2D eigenvalue weighted by atomic mass is 10.1. The van der Waals surface area contributed by atoms with E-state index in [1.54, 1.807) is 29.4 Å². The van der Waals surface area contributed by atoms with E-state index in [0.717, 1.165) is 24.1 Å². The highest BCUT2D eigenvalue weighted by atomic mass is 16.6. The van der Waals surface area contributed by atoms with Crippen LogP contribution in [-0.2, 0) is 9.47 Å². The van der Waals surface area contributed by atoms with Crippen LogP contribution in [-0.4, -0.2) is 67.5 Å². The van der Waals surface area contributed by atoms with Crippen molar-refractivity contribution in [2.45, 2.75) is 52.2 Å². The van der Waals surface area contributed by atoms with E-state index in [0.29, 0.717) is 30.3 Å². The summed E-state index contributed by atoms with van der Waals surface area (Å²) in [6, 6.07) is 3.70. The molecule has 0 saturated carbocycles. The molecule has 0 bridgehead atoms. The van der Waals surface area contributed by atoms with Gasteiger partial charge in [-0.2, -0.15) is 5.10 Å². The summed E-state index contributed by atoms with van der Waals surface area (Å²) in [5.41, 5.74) is 2.37. The summed E-state index contributed by atoms with van der Waals surface area (Å²) in [7, 11) is 1.32. The molecular weight excluding hydrogens is 462 g/mol. The van der Waals surface area contributed by atoms with Gasteiger partial charge in [-0.15, -0.1) is 0 Å². The molecule has 1 aliphatic heterocycles. The van der Waals surface area contributed by atoms with Crippen molar-refractivity contribution in [2.24, 2.45) is 0 Å². The van der Waals surface area contributed by atoms with Crippen molar-refractivity contribution in [3.63, 3.8) is 0 Å². The van der Waals surface area contributed by atoms with Gasteiger partial charge in [0.15, 0.2) is 5.69 Å². The Morgan fingerprint density at radius 2 is 1.89 bits per heavy atom. The molecule has 0 radical (unpaired) electrons. The number of pyridine rings is 1. The number of carbonyl (C=O) groups is 2. The molecule has 1 saturated heterocycles. The van der Waals surface area contributed by atoms with Crippen LogP contribution in [0.4, 0.5) is 16.4 Å². The molecule has 1 amide bonds. The Bertz CT molecular complexity index is 1240. The van der Waals surface area contributed by atoms with Gasteiger partial charge in [0.05, 0.1) is 30.7 Å². The molecule has 0 atom stereocenters. The normalized spacial score (nSPS) is 14.4. The summed E-state index contributed by atoms with van der Waals surface area (Å²) >= 11 is 0. The Morgan fingerprint density at radius 3 is 2.58 bits per heavy atom. The molecule has 11 nitrogen and oxygen atoms in total. The van der Waals surface area contributed by atoms with E-state index in [1.165, 1.54) is 13.3 Å². The zero-order valence-corrected chi connectivity index (χ0v) is 21.2. The minimum Gasteiger partial charge on any atom is -0.464 e. The third kappa shape index (κ3) is 5.78. The largest absolute Gasteiger partial charge is 0.464 e. The SMILES string of the molecule is COC(=O)c1ncccc1-c1nc(Nc2cnn(C3CCN(C(=O)OC(C)(C)C)CC3)c2)ncc1C. The molecule has 3 aromatic heterocycles. The molecule has 4 heterocycles. The number of amides is 1. The van der Waals surface area contributed by atoms with Gasteiger partial charge in [-0.05, 0) is 58.2 Å². The number of aromatic nitrogens is 5. The molecule has 0 aromatic carbocycles. The van der Waals surface area contributed by atoms with Crippen molar-refractivity contribution in [1.29, 1.82) is 0 Å². The topological polar surface area (TPSA) is 124 Å². The first-order chi connectivity index (χ1) is 17.1. The van der Waals surface area contributed by atoms with Crippen LogP contribution in [0.3, 0.4) is 0 Å². The number of anilines is 2. The molecule has 0 spiro atoms. The first-order valence-electron chi connectivity index (χ1n) is 11.8. The predicted molar refractivity (Wildman–Crippen MR) is 133 cm³/mol. The van der Waals surface area contributed by atoms with Crippen LogP contribution >= 0.6 is 0 Å². The predicted octanol–water partition coefficient (Wildman–Crippen LogP) is 4.15. The molecule has 0 aliphatic carbocycles. The van der Waals surface area contributed by atoms with Gasteiger partial charge < -0.3 is 19.7 Å². The van der Waals surface area contributed by atoms with Gasteiger partial charge in [-0.3, -0.25) is 4.68 Å². The first-order valence-corrected chi connectivity index (χ1v) is 11.8. The standard InChI is InChI=1S/C25H31N7O4/c1-16-13-27-23(30-20(16)19-7-6-10-26-21(19)22(33)35-5)29-17-14-28-32(15-17)18-8-11-31(12-9-18)24(34)36-25(2,3)4/h6-7,10,13-15,18H,8-9,11-12H2,1-5H3,(H,27,29,30). The monoisotopic (exact) mass is 493 g/mol. The van der Waals surface area contributed by atoms with Crippen LogP contribution < -0.4 is 5.32 Å². The average Bonchev–Trinajstić information content (AvgIpc) is 3.32. The number of piperidine rings is 1. The summed E-state index contributed by atoms with van der Waals surface area (Å²) in [6.07, 6.45) is 8.13. The fraction of sp³-hybridized carbons (Fsp3) is 0.440. The van der Waals surface area contributed by atoms with E-state index in [1.807, 2.05) is 38.6 Å². The molecule has 0 unspecified atom stereocenters. The number of nitrogens with one attached hydrogen (secondary N) is 1. The number of ether oxygens (including phenoxy) is 2. The second-order valence-corrected chi connectivity index (χ2v) is 9.65. The molecule has 36 heavy (non-hydrogen) atoms. The zero-order chi connectivity index (χ0) is 25.9. The van der Waals surface area contributed by atoms with Crippen molar-refractivity contribution >= 4 is 23.7 Å². The lowest BCUT2D eigenvalue weighted by Crippen LogP contribution is -2.42. The van der Waals surface area contributed by atoms with Crippen molar-refractivity contribution in [1.82, 2.24) is 29.6 Å². The van der Waals surface area contributed by atoms with Crippen LogP contribution in [0, 0.1) is 6.92 Å². The third-order valence-corrected chi connectivity index (χ3v) is 5.76. The second kappa shape index (κ2) is 10.3. The third-order valence-electron chi connectivity index (χ3n) is 5.76. The van der Waals surface area contributed by atoms with Crippen LogP contribution in [0.1, 0.15) is 55.7 Å². The van der Waals surface area contributed by atoms with E-state index in [-0.39, 0.29) is 17.8 Å². The van der Waals surface area contributed by atoms with Gasteiger partial charge in [0.25, 0.3) is 0 Å². The molecular formula is C25H31N7O4. The summed E-state index contributed by atoms with van der Waals surface area (Å²) in [4.78, 5) is 39.4. The van der Waals surface area contributed by atoms with Gasteiger partial charge >= 0.3 is 12.1 Å². The average molecular weight is 494 g/mol. The minimum atomic E-state index is -0.530. The number of hydrogen-bond donors (Lipinski definition) is 1. The Balaban J connectivity index is 1.44. The molecule has 4 rings (SSSR count). The van der Waals surface area contributed by atoms with Gasteiger partial charge in [0.2, 0.25) is 5.95 Å². The van der Waals surface area contributed by atoms with Crippen molar-refractivity contribution in [3.05, 3.63) is 48.2 Å². The molecule has 190 valence electrons. The maximum atomic E-state index is 12.3. The number of nitrogens with zero attached hydrogens (tertiary/aromatic N) is 6. The van der Waals surface area contributed by atoms with Crippen molar-refractivity contribution < 1.29 is 19.1 Å². The summed E-state index contributed by atoms with van der Waals surface area (Å²) in [5.74, 6) is -0.160. The van der Waals surface area contributed by atoms with Crippen LogP contribution in [0.2, 0.25) is 0 Å². The van der Waals surface area contributed by atoms with E-state index in [2.05, 4.69) is 25.4 Å². The summed E-state index contributed by atoms with van der Waals surface area (Å²) in [6.45, 7) is 8.69. The summed E-state index contributed by atoms with van der Waals surface area (Å²) < 4.78 is 12.2. The Labute approximate surface area is 209 Å². The summed E-state index contributed by atoms with van der Waals surface area (Å²) in [5, 5.41) is 7.69. The highest BCUT2D eigenvalue weighted by molar-refractivity contribution is 5.95. The number of hydrogen-bond acceptors (Lipinski definition) is 9. The van der Waals surface area contributed by atoms with Crippen molar-refractivity contribution in [3.8, 4) is 11.3 Å². The number of carbonyl (C=O) groups excluding carboxylic acids is 2. The highest BCUT2D eigenvalue weighted by Crippen LogP contribution is 2.27. The minimum absolute atomic E-state index is 0.173. The van der Waals surface area contributed by atoms with Gasteiger partial charge in [-0.1, -0.05) is 0 Å². The number of aryl methyl sites for hydroxylation is 1. The van der Waals surface area contributed by atoms with Crippen LogP contribution in [0.15, 0.2) is 36.9 Å². The number of esters is 1. The molecule has 3 aromatic rings. The van der Waals surface area contributed by atoms with Gasteiger partial charge in [0.1, 0.15) is 5.60 Å². The van der Waals surface area contributed by atoms with E-state index >= 15 is 0 Å². The maximum absolute atomic E-state index is 12.3. The number of rotatable bonds is 5. The van der Waals surface area contributed by atoms with Crippen molar-refractivity contribution in [2.75, 3.05) is 25.5 Å². The zero-order valence-electron chi connectivity index (χ0n) is 21.2. The van der Waals surface area contributed by atoms with E-state index in [9.17, 15) is 9.59 Å². The first kappa shape index (κ1) is 25.1. The van der Waals surface area contributed by atoms with Crippen LogP contribution in [0.25, 0.3) is 11.3 Å². The van der Waals surface area contributed by atoms with E-state index in [4.69, 9.17) is 9.47 Å². The lowest BCUT2D eigenvalue weighted by molar-refractivity contribution is 0.0184. The smallest absolute Gasteiger partial charge is 0.410 e. The highest BCUT2D eigenvalue weighted by Gasteiger charge is 2.28. The second-order valence-electron chi connectivity index (χ2n) is 9.65. The molecule has 1 N–H and O–H groups in total. The Hall–Kier alpha value is -4.02. The Kier molecular flexibility index (Phi) is 7.18. The fourth-order valence-electron chi connectivity index (χ4n) is 4.00. The number of likely N-dealkylation sites (tertiary alicyclic amines) is 1. The van der Waals surface area contributed by atoms with Crippen LogP contribution in [0.5, 0.6) is 0 Å². The molecule has 1 fully saturated rings. The lowest BCUT2D eigenvalue weighted by Gasteiger charge is -2.33. The van der Waals surface area contributed by atoms with Gasteiger partial charge in [0, 0.05) is 37.2 Å². The molecule has 1 aliphatic rings. The Morgan fingerprint density at radius 1 is 1.14 bits per heavy atom. The molecule has 11 heteroatoms. The maximum Gasteiger partial charge on any atom is 0.410 e. The van der Waals surface area contributed by atoms with E-state index < -0.39 is 11.6 Å². The van der Waals surface area contributed by atoms with Gasteiger partial charge in [-0.25, -0.2) is 24.5 Å². The fourth-order valence-corrected chi connectivity index (χ4v) is 4.00.